The first-order chi connectivity index (χ1) is 14.9. The van der Waals surface area contributed by atoms with Gasteiger partial charge in [0.15, 0.2) is 0 Å². The highest BCUT2D eigenvalue weighted by Gasteiger charge is 2.33. The predicted molar refractivity (Wildman–Crippen MR) is 115 cm³/mol. The van der Waals surface area contributed by atoms with E-state index in [4.69, 9.17) is 9.47 Å². The van der Waals surface area contributed by atoms with E-state index in [-0.39, 0.29) is 29.7 Å². The first-order valence-corrected chi connectivity index (χ1v) is 11.6. The van der Waals surface area contributed by atoms with E-state index in [1.165, 1.54) is 16.4 Å². The van der Waals surface area contributed by atoms with Gasteiger partial charge in [0.1, 0.15) is 11.4 Å². The summed E-state index contributed by atoms with van der Waals surface area (Å²) in [5.41, 5.74) is 1.27. The Balaban J connectivity index is 1.68. The third-order valence-corrected chi connectivity index (χ3v) is 7.71. The van der Waals surface area contributed by atoms with Crippen molar-refractivity contribution in [2.24, 2.45) is 0 Å². The molecule has 2 saturated heterocycles. The highest BCUT2D eigenvalue weighted by molar-refractivity contribution is 7.89. The van der Waals surface area contributed by atoms with Crippen molar-refractivity contribution < 1.29 is 22.8 Å². The van der Waals surface area contributed by atoms with Gasteiger partial charge in [-0.1, -0.05) is 12.1 Å². The molecule has 0 amide bonds. The molecule has 2 aromatic rings. The topological polar surface area (TPSA) is 102 Å². The van der Waals surface area contributed by atoms with E-state index in [0.717, 1.165) is 24.2 Å². The standard InChI is InChI=1S/C21H25N3O6S/c1-29-17-6-4-16(5-7-17)19-3-2-10-23(19)20-9-8-18(15-21(20)24(25)26)31(27,28)22-11-13-30-14-12-22/h4-9,15,19H,2-3,10-14H2,1H3. The summed E-state index contributed by atoms with van der Waals surface area (Å²) in [6.07, 6.45) is 1.75. The number of anilines is 1. The van der Waals surface area contributed by atoms with Crippen LogP contribution < -0.4 is 9.64 Å². The quantitative estimate of drug-likeness (QED) is 0.495. The summed E-state index contributed by atoms with van der Waals surface area (Å²) in [6, 6.07) is 11.9. The minimum absolute atomic E-state index is 0.0219. The summed E-state index contributed by atoms with van der Waals surface area (Å²) >= 11 is 0. The van der Waals surface area contributed by atoms with E-state index in [1.807, 2.05) is 29.2 Å². The van der Waals surface area contributed by atoms with Gasteiger partial charge in [-0.25, -0.2) is 8.42 Å². The zero-order valence-electron chi connectivity index (χ0n) is 17.3. The van der Waals surface area contributed by atoms with E-state index >= 15 is 0 Å². The first-order valence-electron chi connectivity index (χ1n) is 10.2. The average Bonchev–Trinajstić information content (AvgIpc) is 3.29. The lowest BCUT2D eigenvalue weighted by molar-refractivity contribution is -0.384. The molecule has 0 aromatic heterocycles. The summed E-state index contributed by atoms with van der Waals surface area (Å²) in [6.45, 7) is 1.77. The van der Waals surface area contributed by atoms with Gasteiger partial charge >= 0.3 is 0 Å². The van der Waals surface area contributed by atoms with E-state index in [0.29, 0.717) is 25.4 Å². The van der Waals surface area contributed by atoms with Gasteiger partial charge in [-0.2, -0.15) is 4.31 Å². The van der Waals surface area contributed by atoms with Crippen LogP contribution >= 0.6 is 0 Å². The maximum atomic E-state index is 13.0. The van der Waals surface area contributed by atoms with E-state index in [9.17, 15) is 18.5 Å². The molecule has 0 spiro atoms. The summed E-state index contributed by atoms with van der Waals surface area (Å²) in [5.74, 6) is 0.747. The number of ether oxygens (including phenoxy) is 2. The zero-order chi connectivity index (χ0) is 22.0. The van der Waals surface area contributed by atoms with Crippen molar-refractivity contribution in [3.63, 3.8) is 0 Å². The van der Waals surface area contributed by atoms with Gasteiger partial charge < -0.3 is 14.4 Å². The molecular weight excluding hydrogens is 422 g/mol. The second-order valence-corrected chi connectivity index (χ2v) is 9.49. The Labute approximate surface area is 181 Å². The molecule has 1 unspecified atom stereocenters. The Kier molecular flexibility index (Phi) is 6.12. The number of rotatable bonds is 6. The van der Waals surface area contributed by atoms with Crippen molar-refractivity contribution in [1.82, 2.24) is 4.31 Å². The van der Waals surface area contributed by atoms with Crippen LogP contribution in [0.3, 0.4) is 0 Å². The molecule has 0 bridgehead atoms. The van der Waals surface area contributed by atoms with E-state index in [1.54, 1.807) is 13.2 Å². The van der Waals surface area contributed by atoms with E-state index in [2.05, 4.69) is 0 Å². The normalized spacial score (nSPS) is 20.0. The lowest BCUT2D eigenvalue weighted by Crippen LogP contribution is -2.40. The Morgan fingerprint density at radius 2 is 1.81 bits per heavy atom. The van der Waals surface area contributed by atoms with Crippen LogP contribution in [0, 0.1) is 10.1 Å². The number of benzene rings is 2. The van der Waals surface area contributed by atoms with Crippen molar-refractivity contribution in [2.75, 3.05) is 44.9 Å². The molecule has 10 heteroatoms. The van der Waals surface area contributed by atoms with Crippen molar-refractivity contribution in [3.8, 4) is 5.75 Å². The number of morpholine rings is 1. The number of nitrogens with zero attached hydrogens (tertiary/aromatic N) is 3. The molecule has 0 saturated carbocycles. The molecule has 1 atom stereocenters. The van der Waals surface area contributed by atoms with Gasteiger partial charge in [0.05, 0.1) is 36.2 Å². The lowest BCUT2D eigenvalue weighted by atomic mass is 10.0. The fourth-order valence-corrected chi connectivity index (χ4v) is 5.65. The van der Waals surface area contributed by atoms with E-state index < -0.39 is 14.9 Å². The van der Waals surface area contributed by atoms with Gasteiger partial charge in [0.25, 0.3) is 5.69 Å². The van der Waals surface area contributed by atoms with Crippen LogP contribution in [0.4, 0.5) is 11.4 Å². The molecule has 0 radical (unpaired) electrons. The second-order valence-electron chi connectivity index (χ2n) is 7.55. The summed E-state index contributed by atoms with van der Waals surface area (Å²) in [7, 11) is -2.21. The number of sulfonamides is 1. The van der Waals surface area contributed by atoms with Crippen molar-refractivity contribution >= 4 is 21.4 Å². The number of nitro groups is 1. The maximum absolute atomic E-state index is 13.0. The highest BCUT2D eigenvalue weighted by Crippen LogP contribution is 2.41. The van der Waals surface area contributed by atoms with Crippen LogP contribution in [0.5, 0.6) is 5.75 Å². The Hall–Kier alpha value is -2.69. The number of hydrogen-bond donors (Lipinski definition) is 0. The lowest BCUT2D eigenvalue weighted by Gasteiger charge is -2.28. The fourth-order valence-electron chi connectivity index (χ4n) is 4.22. The maximum Gasteiger partial charge on any atom is 0.293 e. The van der Waals surface area contributed by atoms with Gasteiger partial charge in [-0.05, 0) is 42.7 Å². The zero-order valence-corrected chi connectivity index (χ0v) is 18.1. The molecule has 0 N–H and O–H groups in total. The SMILES string of the molecule is COc1ccc(C2CCCN2c2ccc(S(=O)(=O)N3CCOCC3)cc2[N+](=O)[O-])cc1. The van der Waals surface area contributed by atoms with Crippen molar-refractivity contribution in [1.29, 1.82) is 0 Å². The monoisotopic (exact) mass is 447 g/mol. The minimum atomic E-state index is -3.82. The first kappa shape index (κ1) is 21.5. The molecule has 2 fully saturated rings. The van der Waals surface area contributed by atoms with Gasteiger partial charge in [0, 0.05) is 25.7 Å². The summed E-state index contributed by atoms with van der Waals surface area (Å²) in [5, 5.41) is 11.9. The molecule has 4 rings (SSSR count). The minimum Gasteiger partial charge on any atom is -0.497 e. The smallest absolute Gasteiger partial charge is 0.293 e. The molecule has 2 aliphatic rings. The second kappa shape index (κ2) is 8.81. The van der Waals surface area contributed by atoms with Crippen LogP contribution in [0.25, 0.3) is 0 Å². The predicted octanol–water partition coefficient (Wildman–Crippen LogP) is 2.97. The molecule has 2 aromatic carbocycles. The number of methoxy groups -OCH3 is 1. The third-order valence-electron chi connectivity index (χ3n) is 5.81. The van der Waals surface area contributed by atoms with Crippen LogP contribution in [0.1, 0.15) is 24.4 Å². The van der Waals surface area contributed by atoms with Gasteiger partial charge in [0.2, 0.25) is 10.0 Å². The summed E-state index contributed by atoms with van der Waals surface area (Å²) < 4.78 is 37.7. The van der Waals surface area contributed by atoms with Crippen molar-refractivity contribution in [3.05, 3.63) is 58.1 Å². The molecule has 0 aliphatic carbocycles. The highest BCUT2D eigenvalue weighted by atomic mass is 32.2. The molecule has 31 heavy (non-hydrogen) atoms. The van der Waals surface area contributed by atoms with Crippen LogP contribution in [-0.4, -0.2) is 57.6 Å². The van der Waals surface area contributed by atoms with Gasteiger partial charge in [-0.15, -0.1) is 0 Å². The fraction of sp³-hybridized carbons (Fsp3) is 0.429. The van der Waals surface area contributed by atoms with Crippen LogP contribution in [0.15, 0.2) is 47.4 Å². The molecular formula is C21H25N3O6S. The van der Waals surface area contributed by atoms with Crippen LogP contribution in [-0.2, 0) is 14.8 Å². The Morgan fingerprint density at radius 1 is 1.10 bits per heavy atom. The number of hydrogen-bond acceptors (Lipinski definition) is 7. The Morgan fingerprint density at radius 3 is 2.45 bits per heavy atom. The van der Waals surface area contributed by atoms with Crippen molar-refractivity contribution in [2.45, 2.75) is 23.8 Å². The number of nitro benzene ring substituents is 1. The van der Waals surface area contributed by atoms with Gasteiger partial charge in [-0.3, -0.25) is 10.1 Å². The van der Waals surface area contributed by atoms with Crippen LogP contribution in [0.2, 0.25) is 0 Å². The molecule has 2 aliphatic heterocycles. The Bertz CT molecular complexity index is 1050. The molecule has 9 nitrogen and oxygen atoms in total. The largest absolute Gasteiger partial charge is 0.497 e. The molecule has 166 valence electrons. The third kappa shape index (κ3) is 4.23. The summed E-state index contributed by atoms with van der Waals surface area (Å²) in [4.78, 5) is 13.3. The molecule has 2 heterocycles. The average molecular weight is 448 g/mol.